The molecule has 0 saturated carbocycles. The lowest BCUT2D eigenvalue weighted by Gasteiger charge is -2.33. The third-order valence-electron chi connectivity index (χ3n) is 4.97. The van der Waals surface area contributed by atoms with Crippen LogP contribution in [-0.4, -0.2) is 69.1 Å². The third kappa shape index (κ3) is 10.1. The van der Waals surface area contributed by atoms with Gasteiger partial charge in [-0.15, -0.1) is 24.0 Å². The number of piperidine rings is 1. The number of nitrogens with one attached hydrogen (secondary N) is 2. The number of aliphatic imine (C=N–C) groups is 1. The average molecular weight is 555 g/mol. The van der Waals surface area contributed by atoms with E-state index in [9.17, 15) is 0 Å². The summed E-state index contributed by atoms with van der Waals surface area (Å²) in [6.45, 7) is 9.03. The fourth-order valence-electron chi connectivity index (χ4n) is 3.34. The molecule has 1 atom stereocenters. The van der Waals surface area contributed by atoms with E-state index in [1.165, 1.54) is 5.56 Å². The van der Waals surface area contributed by atoms with Crippen LogP contribution in [0.5, 0.6) is 0 Å². The lowest BCUT2D eigenvalue weighted by atomic mass is 10.1. The van der Waals surface area contributed by atoms with E-state index in [4.69, 9.17) is 16.3 Å². The van der Waals surface area contributed by atoms with Crippen molar-refractivity contribution in [2.45, 2.75) is 44.1 Å². The topological polar surface area (TPSA) is 48.9 Å². The van der Waals surface area contributed by atoms with Crippen LogP contribution < -0.4 is 10.6 Å². The van der Waals surface area contributed by atoms with Crippen molar-refractivity contribution in [2.75, 3.05) is 46.1 Å². The fourth-order valence-corrected chi connectivity index (χ4v) is 4.21. The second kappa shape index (κ2) is 14.7. The molecule has 0 aromatic heterocycles. The minimum absolute atomic E-state index is 0. The molecule has 1 saturated heterocycles. The van der Waals surface area contributed by atoms with Crippen LogP contribution in [0.25, 0.3) is 0 Å². The summed E-state index contributed by atoms with van der Waals surface area (Å²) in [5.74, 6) is 0.877. The Bertz CT molecular complexity index is 612. The molecule has 1 aromatic rings. The maximum absolute atomic E-state index is 6.15. The first-order chi connectivity index (χ1) is 13.5. The zero-order valence-corrected chi connectivity index (χ0v) is 21.9. The number of likely N-dealkylation sites (tertiary alicyclic amines) is 1. The smallest absolute Gasteiger partial charge is 0.191 e. The average Bonchev–Trinajstić information content (AvgIpc) is 2.68. The number of thioether (sulfide) groups is 1. The summed E-state index contributed by atoms with van der Waals surface area (Å²) in [6, 6.07) is 8.56. The molecular formula is C21H36ClIN4OS. The van der Waals surface area contributed by atoms with Gasteiger partial charge >= 0.3 is 0 Å². The van der Waals surface area contributed by atoms with Crippen LogP contribution in [0.4, 0.5) is 0 Å². The van der Waals surface area contributed by atoms with Gasteiger partial charge in [0.05, 0.1) is 12.7 Å². The summed E-state index contributed by atoms with van der Waals surface area (Å²) >= 11 is 7.96. The van der Waals surface area contributed by atoms with Gasteiger partial charge in [0.2, 0.25) is 0 Å². The van der Waals surface area contributed by atoms with E-state index in [2.05, 4.69) is 46.7 Å². The monoisotopic (exact) mass is 554 g/mol. The molecule has 8 heteroatoms. The van der Waals surface area contributed by atoms with Crippen molar-refractivity contribution in [3.05, 3.63) is 34.9 Å². The second-order valence-electron chi connectivity index (χ2n) is 7.41. The Morgan fingerprint density at radius 3 is 2.66 bits per heavy atom. The predicted octanol–water partition coefficient (Wildman–Crippen LogP) is 4.42. The lowest BCUT2D eigenvalue weighted by Crippen LogP contribution is -2.49. The SMILES string of the molecule is CN=C(NCC(SC)c1cccc(Cl)c1)NC1CCN(CCOC(C)C)CC1.I. The number of nitrogens with zero attached hydrogens (tertiary/aromatic N) is 2. The Morgan fingerprint density at radius 2 is 2.07 bits per heavy atom. The van der Waals surface area contributed by atoms with E-state index < -0.39 is 0 Å². The molecule has 0 aliphatic carbocycles. The molecule has 2 rings (SSSR count). The number of hydrogen-bond donors (Lipinski definition) is 2. The standard InChI is InChI=1S/C21H35ClN4OS.HI/c1-16(2)27-13-12-26-10-8-19(9-11-26)25-21(23-3)24-15-20(28-4)17-6-5-7-18(22)14-17;/h5-7,14,16,19-20H,8-13,15H2,1-4H3,(H2,23,24,25);1H. The molecule has 0 radical (unpaired) electrons. The largest absolute Gasteiger partial charge is 0.377 e. The van der Waals surface area contributed by atoms with Gasteiger partial charge < -0.3 is 20.3 Å². The maximum atomic E-state index is 6.15. The quantitative estimate of drug-likeness (QED) is 0.269. The van der Waals surface area contributed by atoms with Gasteiger partial charge in [-0.1, -0.05) is 23.7 Å². The molecule has 1 heterocycles. The summed E-state index contributed by atoms with van der Waals surface area (Å²) in [6.07, 6.45) is 4.69. The Labute approximate surface area is 202 Å². The molecule has 1 aliphatic rings. The van der Waals surface area contributed by atoms with E-state index in [1.54, 1.807) is 0 Å². The molecule has 2 N–H and O–H groups in total. The fraction of sp³-hybridized carbons (Fsp3) is 0.667. The highest BCUT2D eigenvalue weighted by Gasteiger charge is 2.20. The van der Waals surface area contributed by atoms with E-state index in [-0.39, 0.29) is 24.0 Å². The molecule has 1 unspecified atom stereocenters. The number of hydrogen-bond acceptors (Lipinski definition) is 4. The molecule has 1 fully saturated rings. The third-order valence-corrected chi connectivity index (χ3v) is 6.21. The van der Waals surface area contributed by atoms with E-state index in [0.717, 1.165) is 56.6 Å². The molecule has 166 valence electrons. The summed E-state index contributed by atoms with van der Waals surface area (Å²) in [7, 11) is 1.83. The first kappa shape index (κ1) is 26.8. The van der Waals surface area contributed by atoms with Gasteiger partial charge in [0, 0.05) is 49.5 Å². The molecule has 29 heavy (non-hydrogen) atoms. The number of guanidine groups is 1. The Hall–Kier alpha value is -0.220. The Kier molecular flexibility index (Phi) is 13.6. The van der Waals surface area contributed by atoms with Crippen molar-refractivity contribution in [3.63, 3.8) is 0 Å². The van der Waals surface area contributed by atoms with Crippen LogP contribution in [0.3, 0.4) is 0 Å². The molecule has 0 spiro atoms. The highest BCUT2D eigenvalue weighted by atomic mass is 127. The van der Waals surface area contributed by atoms with Crippen LogP contribution in [0.2, 0.25) is 5.02 Å². The maximum Gasteiger partial charge on any atom is 0.191 e. The molecule has 0 amide bonds. The van der Waals surface area contributed by atoms with Crippen LogP contribution in [0.1, 0.15) is 37.5 Å². The Morgan fingerprint density at radius 1 is 1.34 bits per heavy atom. The molecule has 5 nitrogen and oxygen atoms in total. The van der Waals surface area contributed by atoms with Gasteiger partial charge in [-0.3, -0.25) is 4.99 Å². The normalized spacial score (nSPS) is 17.1. The zero-order valence-electron chi connectivity index (χ0n) is 18.0. The van der Waals surface area contributed by atoms with Gasteiger partial charge in [0.25, 0.3) is 0 Å². The van der Waals surface area contributed by atoms with Crippen LogP contribution in [0.15, 0.2) is 29.3 Å². The second-order valence-corrected chi connectivity index (χ2v) is 8.89. The zero-order chi connectivity index (χ0) is 20.4. The summed E-state index contributed by atoms with van der Waals surface area (Å²) in [5, 5.41) is 8.19. The minimum atomic E-state index is 0. The summed E-state index contributed by atoms with van der Waals surface area (Å²) in [5.41, 5.74) is 1.24. The van der Waals surface area contributed by atoms with Gasteiger partial charge in [-0.25, -0.2) is 0 Å². The van der Waals surface area contributed by atoms with E-state index in [0.29, 0.717) is 17.4 Å². The molecule has 1 aliphatic heterocycles. The number of rotatable bonds is 9. The summed E-state index contributed by atoms with van der Waals surface area (Å²) in [4.78, 5) is 6.90. The minimum Gasteiger partial charge on any atom is -0.377 e. The van der Waals surface area contributed by atoms with E-state index >= 15 is 0 Å². The molecule has 1 aromatic carbocycles. The van der Waals surface area contributed by atoms with Crippen molar-refractivity contribution in [3.8, 4) is 0 Å². The highest BCUT2D eigenvalue weighted by molar-refractivity contribution is 14.0. The van der Waals surface area contributed by atoms with Crippen molar-refractivity contribution in [1.82, 2.24) is 15.5 Å². The van der Waals surface area contributed by atoms with Gasteiger partial charge in [-0.2, -0.15) is 11.8 Å². The van der Waals surface area contributed by atoms with Crippen LogP contribution in [-0.2, 0) is 4.74 Å². The van der Waals surface area contributed by atoms with Crippen molar-refractivity contribution in [1.29, 1.82) is 0 Å². The van der Waals surface area contributed by atoms with Crippen molar-refractivity contribution >= 4 is 53.3 Å². The van der Waals surface area contributed by atoms with Gasteiger partial charge in [-0.05, 0) is 50.6 Å². The molecular weight excluding hydrogens is 519 g/mol. The summed E-state index contributed by atoms with van der Waals surface area (Å²) < 4.78 is 5.67. The molecule has 0 bridgehead atoms. The van der Waals surface area contributed by atoms with Crippen LogP contribution >= 0.6 is 47.3 Å². The van der Waals surface area contributed by atoms with Gasteiger partial charge in [0.1, 0.15) is 0 Å². The Balaban J connectivity index is 0.00000420. The number of ether oxygens (including phenoxy) is 1. The first-order valence-electron chi connectivity index (χ1n) is 10.1. The van der Waals surface area contributed by atoms with E-state index in [1.807, 2.05) is 37.0 Å². The number of halogens is 2. The first-order valence-corrected chi connectivity index (χ1v) is 11.8. The van der Waals surface area contributed by atoms with Crippen LogP contribution in [0, 0.1) is 0 Å². The van der Waals surface area contributed by atoms with Crippen molar-refractivity contribution < 1.29 is 4.74 Å². The van der Waals surface area contributed by atoms with Crippen molar-refractivity contribution in [2.24, 2.45) is 4.99 Å². The predicted molar refractivity (Wildman–Crippen MR) is 138 cm³/mol. The highest BCUT2D eigenvalue weighted by Crippen LogP contribution is 2.27. The lowest BCUT2D eigenvalue weighted by molar-refractivity contribution is 0.0532. The van der Waals surface area contributed by atoms with Gasteiger partial charge in [0.15, 0.2) is 5.96 Å². The number of benzene rings is 1.